The van der Waals surface area contributed by atoms with Gasteiger partial charge in [-0.1, -0.05) is 0 Å². The van der Waals surface area contributed by atoms with E-state index in [1.165, 1.54) is 7.11 Å². The van der Waals surface area contributed by atoms with Crippen molar-refractivity contribution in [2.24, 2.45) is 5.41 Å². The summed E-state index contributed by atoms with van der Waals surface area (Å²) in [5, 5.41) is 0. The first-order chi connectivity index (χ1) is 5.90. The summed E-state index contributed by atoms with van der Waals surface area (Å²) >= 11 is 5.31. The monoisotopic (exact) mass is 228 g/mol. The van der Waals surface area contributed by atoms with Crippen LogP contribution in [0.15, 0.2) is 0 Å². The molecular weight excluding hydrogens is 218 g/mol. The number of methoxy groups -OCH3 is 1. The number of hydrogen-bond acceptors (Lipinski definition) is 5. The van der Waals surface area contributed by atoms with Gasteiger partial charge < -0.3 is 4.74 Å². The summed E-state index contributed by atoms with van der Waals surface area (Å²) in [6, 6.07) is 0. The van der Waals surface area contributed by atoms with Crippen LogP contribution in [0.4, 0.5) is 0 Å². The van der Waals surface area contributed by atoms with Crippen LogP contribution < -0.4 is 0 Å². The Hall–Kier alpha value is -0.0900. The second kappa shape index (κ2) is 3.58. The van der Waals surface area contributed by atoms with Gasteiger partial charge in [-0.3, -0.25) is 13.8 Å². The van der Waals surface area contributed by atoms with Gasteiger partial charge in [-0.05, 0) is 6.92 Å². The maximum Gasteiger partial charge on any atom is 0.424 e. The predicted molar refractivity (Wildman–Crippen MR) is 45.5 cm³/mol. The quantitative estimate of drug-likeness (QED) is 0.503. The van der Waals surface area contributed by atoms with E-state index in [1.54, 1.807) is 6.92 Å². The zero-order chi connectivity index (χ0) is 10.1. The number of carbonyl (C=O) groups is 1. The summed E-state index contributed by atoms with van der Waals surface area (Å²) in [6.07, 6.45) is 0. The second-order valence-electron chi connectivity index (χ2n) is 3.03. The molecule has 1 rings (SSSR count). The van der Waals surface area contributed by atoms with Gasteiger partial charge in [0.2, 0.25) is 0 Å². The van der Waals surface area contributed by atoms with Gasteiger partial charge >= 0.3 is 12.9 Å². The van der Waals surface area contributed by atoms with Crippen molar-refractivity contribution >= 4 is 24.2 Å². The van der Waals surface area contributed by atoms with E-state index in [0.29, 0.717) is 0 Å². The van der Waals surface area contributed by atoms with Crippen molar-refractivity contribution < 1.29 is 23.1 Å². The lowest BCUT2D eigenvalue weighted by Gasteiger charge is -2.31. The standard InChI is InChI=1S/C6H10ClO5P/c1-6(5(8)10-2)3-11-13(7,9)12-4-6/h3-4H2,1-2H3. The van der Waals surface area contributed by atoms with E-state index in [-0.39, 0.29) is 13.2 Å². The molecule has 0 radical (unpaired) electrons. The van der Waals surface area contributed by atoms with Crippen molar-refractivity contribution in [3.63, 3.8) is 0 Å². The molecule has 0 saturated carbocycles. The van der Waals surface area contributed by atoms with E-state index in [4.69, 9.17) is 20.3 Å². The van der Waals surface area contributed by atoms with E-state index >= 15 is 0 Å². The number of hydrogen-bond donors (Lipinski definition) is 0. The van der Waals surface area contributed by atoms with Crippen LogP contribution in [-0.4, -0.2) is 26.3 Å². The number of esters is 1. The van der Waals surface area contributed by atoms with Crippen LogP contribution in [0.5, 0.6) is 0 Å². The average Bonchev–Trinajstić information content (AvgIpc) is 2.09. The lowest BCUT2D eigenvalue weighted by atomic mass is 9.93. The third kappa shape index (κ3) is 2.44. The van der Waals surface area contributed by atoms with Crippen LogP contribution in [0.2, 0.25) is 0 Å². The first kappa shape index (κ1) is 11.0. The molecule has 7 heteroatoms. The van der Waals surface area contributed by atoms with Gasteiger partial charge in [0.1, 0.15) is 5.41 Å². The molecule has 1 fully saturated rings. The molecule has 1 saturated heterocycles. The highest BCUT2D eigenvalue weighted by Gasteiger charge is 2.44. The van der Waals surface area contributed by atoms with Gasteiger partial charge in [0, 0.05) is 11.2 Å². The summed E-state index contributed by atoms with van der Waals surface area (Å²) in [5.74, 6) is -0.469. The Morgan fingerprint density at radius 3 is 2.38 bits per heavy atom. The molecule has 0 amide bonds. The number of ether oxygens (including phenoxy) is 1. The highest BCUT2D eigenvalue weighted by atomic mass is 35.7. The fourth-order valence-electron chi connectivity index (χ4n) is 0.882. The van der Waals surface area contributed by atoms with E-state index < -0.39 is 18.3 Å². The largest absolute Gasteiger partial charge is 0.468 e. The third-order valence-electron chi connectivity index (χ3n) is 1.75. The molecular formula is C6H10ClO5P. The van der Waals surface area contributed by atoms with Crippen LogP contribution in [0.1, 0.15) is 6.92 Å². The lowest BCUT2D eigenvalue weighted by molar-refractivity contribution is -0.157. The van der Waals surface area contributed by atoms with E-state index in [9.17, 15) is 9.36 Å². The molecule has 1 aliphatic heterocycles. The van der Waals surface area contributed by atoms with Crippen molar-refractivity contribution in [1.29, 1.82) is 0 Å². The van der Waals surface area contributed by atoms with Crippen molar-refractivity contribution in [3.8, 4) is 0 Å². The maximum atomic E-state index is 11.2. The average molecular weight is 229 g/mol. The molecule has 0 aromatic heterocycles. The molecule has 0 aromatic rings. The zero-order valence-corrected chi connectivity index (χ0v) is 8.93. The minimum absolute atomic E-state index is 0.0551. The molecule has 13 heavy (non-hydrogen) atoms. The molecule has 1 heterocycles. The van der Waals surface area contributed by atoms with Gasteiger partial charge in [0.15, 0.2) is 0 Å². The highest BCUT2D eigenvalue weighted by molar-refractivity contribution is 7.81. The first-order valence-electron chi connectivity index (χ1n) is 3.57. The lowest BCUT2D eigenvalue weighted by Crippen LogP contribution is -2.40. The van der Waals surface area contributed by atoms with Crippen molar-refractivity contribution in [2.75, 3.05) is 20.3 Å². The molecule has 0 spiro atoms. The predicted octanol–water partition coefficient (Wildman–Crippen LogP) is 1.56. The van der Waals surface area contributed by atoms with Crippen LogP contribution in [-0.2, 0) is 23.1 Å². The fraction of sp³-hybridized carbons (Fsp3) is 0.833. The Kier molecular flexibility index (Phi) is 3.02. The molecule has 76 valence electrons. The summed E-state index contributed by atoms with van der Waals surface area (Å²) in [6.45, 7) is -1.97. The summed E-state index contributed by atoms with van der Waals surface area (Å²) < 4.78 is 24.9. The smallest absolute Gasteiger partial charge is 0.424 e. The molecule has 0 aromatic carbocycles. The Morgan fingerprint density at radius 2 is 2.00 bits per heavy atom. The van der Waals surface area contributed by atoms with E-state index in [0.717, 1.165) is 0 Å². The molecule has 0 bridgehead atoms. The van der Waals surface area contributed by atoms with Gasteiger partial charge in [-0.2, -0.15) is 0 Å². The number of halogens is 1. The van der Waals surface area contributed by atoms with Crippen LogP contribution in [0.3, 0.4) is 0 Å². The normalized spacial score (nSPS) is 39.9. The van der Waals surface area contributed by atoms with Crippen molar-refractivity contribution in [3.05, 3.63) is 0 Å². The van der Waals surface area contributed by atoms with E-state index in [1.807, 2.05) is 0 Å². The van der Waals surface area contributed by atoms with E-state index in [2.05, 4.69) is 4.74 Å². The van der Waals surface area contributed by atoms with Gasteiger partial charge in [-0.15, -0.1) is 0 Å². The first-order valence-corrected chi connectivity index (χ1v) is 6.02. The van der Waals surface area contributed by atoms with Crippen molar-refractivity contribution in [2.45, 2.75) is 6.92 Å². The maximum absolute atomic E-state index is 11.2. The molecule has 0 N–H and O–H groups in total. The van der Waals surface area contributed by atoms with Crippen LogP contribution >= 0.6 is 18.2 Å². The van der Waals surface area contributed by atoms with Gasteiger partial charge in [0.05, 0.1) is 20.3 Å². The second-order valence-corrected chi connectivity index (χ2v) is 5.65. The molecule has 1 aliphatic rings. The Morgan fingerprint density at radius 1 is 1.54 bits per heavy atom. The highest BCUT2D eigenvalue weighted by Crippen LogP contribution is 2.58. The van der Waals surface area contributed by atoms with Crippen LogP contribution in [0, 0.1) is 5.41 Å². The van der Waals surface area contributed by atoms with Crippen LogP contribution in [0.25, 0.3) is 0 Å². The van der Waals surface area contributed by atoms with Crippen molar-refractivity contribution in [1.82, 2.24) is 0 Å². The number of carbonyl (C=O) groups excluding carboxylic acids is 1. The zero-order valence-electron chi connectivity index (χ0n) is 7.28. The molecule has 5 nitrogen and oxygen atoms in total. The Balaban J connectivity index is 2.67. The van der Waals surface area contributed by atoms with Gasteiger partial charge in [-0.25, -0.2) is 4.57 Å². The summed E-state index contributed by atoms with van der Waals surface area (Å²) in [4.78, 5) is 11.2. The topological polar surface area (TPSA) is 61.8 Å². The SMILES string of the molecule is COC(=O)C1(C)COP(=O)(Cl)OC1. The minimum Gasteiger partial charge on any atom is -0.468 e. The fourth-order valence-corrected chi connectivity index (χ4v) is 2.13. The summed E-state index contributed by atoms with van der Waals surface area (Å²) in [7, 11) is 1.27. The third-order valence-corrected chi connectivity index (χ3v) is 3.21. The number of rotatable bonds is 1. The molecule has 0 atom stereocenters. The summed E-state index contributed by atoms with van der Waals surface area (Å²) in [5.41, 5.74) is -0.919. The van der Waals surface area contributed by atoms with Gasteiger partial charge in [0.25, 0.3) is 0 Å². The minimum atomic E-state index is -3.45. The molecule has 0 aliphatic carbocycles. The molecule has 0 unspecified atom stereocenters. The Bertz CT molecular complexity index is 254. The Labute approximate surface area is 80.6 Å².